The molecule has 0 amide bonds. The van der Waals surface area contributed by atoms with Crippen LogP contribution in [0.2, 0.25) is 0 Å². The molecule has 13 heavy (non-hydrogen) atoms. The summed E-state index contributed by atoms with van der Waals surface area (Å²) in [4.78, 5) is 0. The highest BCUT2D eigenvalue weighted by atomic mass is 35.5. The van der Waals surface area contributed by atoms with E-state index in [1.54, 1.807) is 0 Å². The van der Waals surface area contributed by atoms with Gasteiger partial charge in [-0.15, -0.1) is 11.6 Å². The molecule has 2 unspecified atom stereocenters. The minimum atomic E-state index is -9.35. The summed E-state index contributed by atoms with van der Waals surface area (Å²) in [6.07, 6.45) is 0.169. The smallest absolute Gasteiger partial charge is 0.121 e. The van der Waals surface area contributed by atoms with Crippen LogP contribution >= 0.6 is 21.8 Å². The minimum absolute atomic E-state index is 0.0256. The van der Waals surface area contributed by atoms with Crippen molar-refractivity contribution in [2.45, 2.75) is 36.3 Å². The monoisotopic (exact) mass is 244 g/mol. The largest absolute Gasteiger partial charge is 0.289 e. The van der Waals surface area contributed by atoms with Crippen LogP contribution in [0.25, 0.3) is 0 Å². The molecule has 0 N–H and O–H groups in total. The molecule has 0 saturated heterocycles. The molecular formula is C6H10ClF5S. The number of hydrogen-bond acceptors (Lipinski definition) is 0. The first-order chi connectivity index (χ1) is 5.50. The molecule has 0 nitrogen and oxygen atoms in total. The molecule has 0 radical (unpaired) electrons. The van der Waals surface area contributed by atoms with Crippen molar-refractivity contribution in [1.82, 2.24) is 0 Å². The third kappa shape index (κ3) is 2.87. The third-order valence-corrected chi connectivity index (χ3v) is 4.57. The highest BCUT2D eigenvalue weighted by Crippen LogP contribution is 3.01. The first-order valence-corrected chi connectivity index (χ1v) is 6.33. The Kier molecular flexibility index (Phi) is 2.14. The lowest BCUT2D eigenvalue weighted by molar-refractivity contribution is 0.317. The van der Waals surface area contributed by atoms with Gasteiger partial charge in [-0.2, -0.15) is 0 Å². The van der Waals surface area contributed by atoms with Crippen LogP contribution < -0.4 is 0 Å². The fraction of sp³-hybridized carbons (Fsp3) is 1.00. The predicted molar refractivity (Wildman–Crippen MR) is 45.0 cm³/mol. The third-order valence-electron chi connectivity index (χ3n) is 2.19. The van der Waals surface area contributed by atoms with Gasteiger partial charge in [0.1, 0.15) is 5.25 Å². The maximum Gasteiger partial charge on any atom is 0.289 e. The lowest BCUT2D eigenvalue weighted by Crippen LogP contribution is -2.36. The van der Waals surface area contributed by atoms with Gasteiger partial charge in [0.2, 0.25) is 0 Å². The normalized spacial score (nSPS) is 36.5. The van der Waals surface area contributed by atoms with Crippen LogP contribution in [0.1, 0.15) is 25.7 Å². The van der Waals surface area contributed by atoms with Crippen LogP contribution in [0.4, 0.5) is 19.4 Å². The number of hydrogen-bond donors (Lipinski definition) is 0. The van der Waals surface area contributed by atoms with Gasteiger partial charge in [-0.1, -0.05) is 32.3 Å². The first-order valence-electron chi connectivity index (χ1n) is 3.88. The predicted octanol–water partition coefficient (Wildman–Crippen LogP) is 4.83. The Balaban J connectivity index is 2.94. The van der Waals surface area contributed by atoms with Crippen molar-refractivity contribution in [1.29, 1.82) is 0 Å². The van der Waals surface area contributed by atoms with Gasteiger partial charge in [0.05, 0.1) is 5.38 Å². The molecule has 0 aromatic heterocycles. The fourth-order valence-corrected chi connectivity index (χ4v) is 3.72. The van der Waals surface area contributed by atoms with Crippen molar-refractivity contribution < 1.29 is 19.4 Å². The molecule has 0 bridgehead atoms. The van der Waals surface area contributed by atoms with Crippen molar-refractivity contribution in [3.63, 3.8) is 0 Å². The highest BCUT2D eigenvalue weighted by molar-refractivity contribution is 8.46. The Bertz CT molecular complexity index is 208. The van der Waals surface area contributed by atoms with Crippen molar-refractivity contribution >= 4 is 21.8 Å². The van der Waals surface area contributed by atoms with Gasteiger partial charge in [-0.05, 0) is 12.8 Å². The van der Waals surface area contributed by atoms with Crippen LogP contribution in [0.15, 0.2) is 0 Å². The van der Waals surface area contributed by atoms with Gasteiger partial charge in [0, 0.05) is 0 Å². The van der Waals surface area contributed by atoms with Crippen molar-refractivity contribution in [3.8, 4) is 0 Å². The van der Waals surface area contributed by atoms with E-state index in [1.165, 1.54) is 0 Å². The van der Waals surface area contributed by atoms with Crippen LogP contribution in [0, 0.1) is 0 Å². The summed E-state index contributed by atoms with van der Waals surface area (Å²) < 4.78 is 61.3. The second-order valence-electron chi connectivity index (χ2n) is 3.37. The van der Waals surface area contributed by atoms with Gasteiger partial charge in [0.15, 0.2) is 0 Å². The van der Waals surface area contributed by atoms with Crippen molar-refractivity contribution in [2.24, 2.45) is 0 Å². The molecule has 2 atom stereocenters. The molecule has 0 aliphatic heterocycles. The molecule has 1 rings (SSSR count). The average Bonchev–Trinajstić information content (AvgIpc) is 1.82. The summed E-state index contributed by atoms with van der Waals surface area (Å²) in [5.41, 5.74) is 0. The van der Waals surface area contributed by atoms with Crippen molar-refractivity contribution in [2.75, 3.05) is 0 Å². The van der Waals surface area contributed by atoms with E-state index >= 15 is 0 Å². The van der Waals surface area contributed by atoms with Crippen molar-refractivity contribution in [3.05, 3.63) is 0 Å². The molecule has 1 saturated carbocycles. The zero-order valence-corrected chi connectivity index (χ0v) is 8.23. The molecule has 1 aliphatic carbocycles. The van der Waals surface area contributed by atoms with Crippen LogP contribution in [0.3, 0.4) is 0 Å². The Labute approximate surface area is 78.2 Å². The van der Waals surface area contributed by atoms with E-state index in [9.17, 15) is 19.4 Å². The molecule has 0 heterocycles. The second kappa shape index (κ2) is 2.45. The molecule has 1 fully saturated rings. The van der Waals surface area contributed by atoms with Crippen LogP contribution in [-0.2, 0) is 0 Å². The Morgan fingerprint density at radius 3 is 1.69 bits per heavy atom. The number of alkyl halides is 1. The zero-order chi connectivity index (χ0) is 10.4. The molecule has 0 aromatic carbocycles. The summed E-state index contributed by atoms with van der Waals surface area (Å²) in [7, 11) is -9.35. The quantitative estimate of drug-likeness (QED) is 0.458. The van der Waals surface area contributed by atoms with E-state index in [4.69, 9.17) is 11.6 Å². The maximum atomic E-state index is 12.3. The van der Waals surface area contributed by atoms with Crippen LogP contribution in [0.5, 0.6) is 0 Å². The van der Waals surface area contributed by atoms with Gasteiger partial charge in [-0.25, -0.2) is 0 Å². The Morgan fingerprint density at radius 1 is 0.923 bits per heavy atom. The second-order valence-corrected chi connectivity index (χ2v) is 6.59. The summed E-state index contributed by atoms with van der Waals surface area (Å²) in [5, 5.41) is -4.04. The molecule has 82 valence electrons. The number of halogens is 6. The summed E-state index contributed by atoms with van der Waals surface area (Å²) >= 11 is 5.28. The summed E-state index contributed by atoms with van der Waals surface area (Å²) in [6.45, 7) is 0. The Morgan fingerprint density at radius 2 is 1.38 bits per heavy atom. The van der Waals surface area contributed by atoms with Gasteiger partial charge in [-0.3, -0.25) is 0 Å². The van der Waals surface area contributed by atoms with E-state index < -0.39 is 27.3 Å². The zero-order valence-electron chi connectivity index (χ0n) is 6.66. The maximum absolute atomic E-state index is 12.3. The average molecular weight is 245 g/mol. The summed E-state index contributed by atoms with van der Waals surface area (Å²) in [5.74, 6) is 0. The topological polar surface area (TPSA) is 0 Å². The highest BCUT2D eigenvalue weighted by Gasteiger charge is 2.71. The lowest BCUT2D eigenvalue weighted by Gasteiger charge is -2.50. The van der Waals surface area contributed by atoms with Gasteiger partial charge in [0.25, 0.3) is 10.2 Å². The molecular weight excluding hydrogens is 235 g/mol. The lowest BCUT2D eigenvalue weighted by atomic mass is 10.00. The van der Waals surface area contributed by atoms with Crippen LogP contribution in [-0.4, -0.2) is 10.6 Å². The standard InChI is InChI=1S/C6H10ClF5S/c7-5-3-1-2-4-6(5)13(8,9,10,11)12/h5-6H,1-4H2. The number of rotatable bonds is 1. The molecule has 0 aromatic rings. The molecule has 1 aliphatic rings. The fourth-order valence-electron chi connectivity index (χ4n) is 1.55. The van der Waals surface area contributed by atoms with Gasteiger partial charge < -0.3 is 0 Å². The SMILES string of the molecule is FS(F)(F)(F)(F)C1CCCCC1Cl. The van der Waals surface area contributed by atoms with E-state index in [1.807, 2.05) is 0 Å². The van der Waals surface area contributed by atoms with E-state index in [2.05, 4.69) is 0 Å². The van der Waals surface area contributed by atoms with E-state index in [-0.39, 0.29) is 12.8 Å². The summed E-state index contributed by atoms with van der Waals surface area (Å²) in [6, 6.07) is 0. The van der Waals surface area contributed by atoms with Gasteiger partial charge >= 0.3 is 0 Å². The van der Waals surface area contributed by atoms with E-state index in [0.717, 1.165) is 0 Å². The first kappa shape index (κ1) is 11.4. The minimum Gasteiger partial charge on any atom is -0.121 e. The Hall–Kier alpha value is 0.290. The molecule has 7 heteroatoms. The molecule has 0 spiro atoms. The van der Waals surface area contributed by atoms with E-state index in [0.29, 0.717) is 6.42 Å².